The van der Waals surface area contributed by atoms with Crippen LogP contribution in [0.5, 0.6) is 0 Å². The number of amides is 2. The molecule has 3 aromatic rings. The molecule has 3 rings (SSSR count). The second-order valence-corrected chi connectivity index (χ2v) is 13.1. The van der Waals surface area contributed by atoms with Gasteiger partial charge in [-0.05, 0) is 81.6 Å². The molecular weight excluding hydrogens is 605 g/mol. The first-order chi connectivity index (χ1) is 19.2. The number of carbonyl (C=O) groups is 2. The fourth-order valence-corrected chi connectivity index (χ4v) is 6.03. The Kier molecular flexibility index (Phi) is 11.1. The normalized spacial score (nSPS) is 12.9. The van der Waals surface area contributed by atoms with Crippen LogP contribution < -0.4 is 9.62 Å². The molecule has 0 spiro atoms. The SMILES string of the molecule is CC[C@H](C)NC(=O)[C@@H](C)N(Cc1ccc(Cl)cc1Cl)C(=O)CN(c1ccc(C)c(Cl)c1)S(=O)(=O)c1ccc(C)cc1. The molecule has 0 saturated carbocycles. The van der Waals surface area contributed by atoms with Gasteiger partial charge in [0.1, 0.15) is 12.6 Å². The first-order valence-corrected chi connectivity index (χ1v) is 15.7. The molecule has 0 fully saturated rings. The van der Waals surface area contributed by atoms with Gasteiger partial charge in [0.15, 0.2) is 0 Å². The van der Waals surface area contributed by atoms with Crippen LogP contribution in [0.15, 0.2) is 65.6 Å². The summed E-state index contributed by atoms with van der Waals surface area (Å²) in [6, 6.07) is 15.0. The molecule has 220 valence electrons. The molecule has 0 aliphatic carbocycles. The van der Waals surface area contributed by atoms with E-state index in [1.165, 1.54) is 23.1 Å². The highest BCUT2D eigenvalue weighted by atomic mass is 35.5. The lowest BCUT2D eigenvalue weighted by Crippen LogP contribution is -2.52. The number of rotatable bonds is 11. The van der Waals surface area contributed by atoms with Gasteiger partial charge in [-0.2, -0.15) is 0 Å². The van der Waals surface area contributed by atoms with Crippen LogP contribution in [0.3, 0.4) is 0 Å². The summed E-state index contributed by atoms with van der Waals surface area (Å²) in [7, 11) is -4.20. The average Bonchev–Trinajstić information content (AvgIpc) is 2.92. The predicted molar refractivity (Wildman–Crippen MR) is 166 cm³/mol. The minimum absolute atomic E-state index is 0.0162. The van der Waals surface area contributed by atoms with Crippen LogP contribution in [0.1, 0.15) is 43.9 Å². The molecule has 0 aromatic heterocycles. The van der Waals surface area contributed by atoms with E-state index in [-0.39, 0.29) is 29.1 Å². The van der Waals surface area contributed by atoms with Crippen LogP contribution in [0.4, 0.5) is 5.69 Å². The highest BCUT2D eigenvalue weighted by Crippen LogP contribution is 2.29. The van der Waals surface area contributed by atoms with Crippen molar-refractivity contribution in [3.63, 3.8) is 0 Å². The lowest BCUT2D eigenvalue weighted by molar-refractivity contribution is -0.139. The van der Waals surface area contributed by atoms with Crippen LogP contribution in [0, 0.1) is 13.8 Å². The standard InChI is InChI=1S/C30H34Cl3N3O4S/c1-6-21(4)34-30(38)22(5)35(17-23-10-11-24(31)15-28(23)33)29(37)18-36(25-12-9-20(3)27(32)16-25)41(39,40)26-13-7-19(2)8-14-26/h7-16,21-22H,6,17-18H2,1-5H3,(H,34,38)/t21-,22+/m0/s1. The number of anilines is 1. The number of hydrogen-bond donors (Lipinski definition) is 1. The molecule has 1 N–H and O–H groups in total. The molecule has 0 radical (unpaired) electrons. The lowest BCUT2D eigenvalue weighted by atomic mass is 10.1. The molecule has 3 aromatic carbocycles. The third-order valence-corrected chi connectivity index (χ3v) is 9.64. The molecule has 0 aliphatic rings. The van der Waals surface area contributed by atoms with Crippen molar-refractivity contribution in [3.05, 3.63) is 92.4 Å². The Bertz CT molecular complexity index is 1510. The molecule has 0 unspecified atom stereocenters. The molecule has 2 atom stereocenters. The van der Waals surface area contributed by atoms with Crippen molar-refractivity contribution in [2.24, 2.45) is 0 Å². The van der Waals surface area contributed by atoms with Gasteiger partial charge in [-0.3, -0.25) is 13.9 Å². The Balaban J connectivity index is 2.07. The highest BCUT2D eigenvalue weighted by Gasteiger charge is 2.33. The summed E-state index contributed by atoms with van der Waals surface area (Å²) in [6.07, 6.45) is 0.701. The summed E-state index contributed by atoms with van der Waals surface area (Å²) in [6.45, 7) is 8.42. The van der Waals surface area contributed by atoms with Crippen LogP contribution in [0.25, 0.3) is 0 Å². The zero-order chi connectivity index (χ0) is 30.5. The molecule has 0 aliphatic heterocycles. The Morgan fingerprint density at radius 1 is 0.902 bits per heavy atom. The van der Waals surface area contributed by atoms with Crippen molar-refractivity contribution >= 4 is 62.3 Å². The average molecular weight is 639 g/mol. The second-order valence-electron chi connectivity index (χ2n) is 10.0. The van der Waals surface area contributed by atoms with E-state index in [1.807, 2.05) is 20.8 Å². The van der Waals surface area contributed by atoms with Crippen molar-refractivity contribution in [3.8, 4) is 0 Å². The number of nitrogens with one attached hydrogen (secondary N) is 1. The molecule has 11 heteroatoms. The van der Waals surface area contributed by atoms with Gasteiger partial charge in [-0.1, -0.05) is 71.6 Å². The highest BCUT2D eigenvalue weighted by molar-refractivity contribution is 7.92. The number of hydrogen-bond acceptors (Lipinski definition) is 4. The van der Waals surface area contributed by atoms with Crippen LogP contribution >= 0.6 is 34.8 Å². The molecule has 7 nitrogen and oxygen atoms in total. The Morgan fingerprint density at radius 3 is 2.15 bits per heavy atom. The van der Waals surface area contributed by atoms with Gasteiger partial charge < -0.3 is 10.2 Å². The summed E-state index contributed by atoms with van der Waals surface area (Å²) in [4.78, 5) is 28.5. The summed E-state index contributed by atoms with van der Waals surface area (Å²) in [5.74, 6) is -0.973. The minimum atomic E-state index is -4.20. The summed E-state index contributed by atoms with van der Waals surface area (Å²) >= 11 is 18.9. The second kappa shape index (κ2) is 13.9. The van der Waals surface area contributed by atoms with E-state index in [4.69, 9.17) is 34.8 Å². The maximum Gasteiger partial charge on any atom is 0.264 e. The number of carbonyl (C=O) groups excluding carboxylic acids is 2. The number of aryl methyl sites for hydroxylation is 2. The van der Waals surface area contributed by atoms with E-state index in [0.717, 1.165) is 15.4 Å². The predicted octanol–water partition coefficient (Wildman–Crippen LogP) is 6.79. The largest absolute Gasteiger partial charge is 0.352 e. The van der Waals surface area contributed by atoms with Gasteiger partial charge in [0.2, 0.25) is 11.8 Å². The fourth-order valence-electron chi connectivity index (χ4n) is 3.98. The smallest absolute Gasteiger partial charge is 0.264 e. The maximum atomic E-state index is 14.0. The van der Waals surface area contributed by atoms with Crippen molar-refractivity contribution in [1.29, 1.82) is 0 Å². The van der Waals surface area contributed by atoms with Gasteiger partial charge >= 0.3 is 0 Å². The van der Waals surface area contributed by atoms with Crippen molar-refractivity contribution < 1.29 is 18.0 Å². The summed E-state index contributed by atoms with van der Waals surface area (Å²) < 4.78 is 28.9. The Hall–Kier alpha value is -2.78. The van der Waals surface area contributed by atoms with E-state index < -0.39 is 28.5 Å². The van der Waals surface area contributed by atoms with Gasteiger partial charge in [-0.15, -0.1) is 0 Å². The van der Waals surface area contributed by atoms with E-state index >= 15 is 0 Å². The molecule has 41 heavy (non-hydrogen) atoms. The van der Waals surface area contributed by atoms with Gasteiger partial charge in [0.05, 0.1) is 10.6 Å². The number of benzene rings is 3. The third-order valence-electron chi connectivity index (χ3n) is 6.86. The van der Waals surface area contributed by atoms with E-state index in [2.05, 4.69) is 5.32 Å². The third kappa shape index (κ3) is 8.16. The Labute approximate surface area is 257 Å². The molecule has 0 saturated heterocycles. The van der Waals surface area contributed by atoms with Crippen molar-refractivity contribution in [2.45, 2.75) is 64.6 Å². The van der Waals surface area contributed by atoms with Gasteiger partial charge in [-0.25, -0.2) is 8.42 Å². The maximum absolute atomic E-state index is 14.0. The van der Waals surface area contributed by atoms with Crippen molar-refractivity contribution in [1.82, 2.24) is 10.2 Å². The topological polar surface area (TPSA) is 86.8 Å². The van der Waals surface area contributed by atoms with E-state index in [1.54, 1.807) is 56.3 Å². The van der Waals surface area contributed by atoms with E-state index in [0.29, 0.717) is 27.1 Å². The van der Waals surface area contributed by atoms with E-state index in [9.17, 15) is 18.0 Å². The lowest BCUT2D eigenvalue weighted by Gasteiger charge is -2.32. The molecule has 0 bridgehead atoms. The first kappa shape index (κ1) is 32.7. The summed E-state index contributed by atoms with van der Waals surface area (Å²) in [5.41, 5.74) is 2.41. The fraction of sp³-hybridized carbons (Fsp3) is 0.333. The zero-order valence-electron chi connectivity index (χ0n) is 23.6. The zero-order valence-corrected chi connectivity index (χ0v) is 26.7. The van der Waals surface area contributed by atoms with Crippen LogP contribution in [-0.4, -0.2) is 43.8 Å². The molecule has 2 amide bonds. The van der Waals surface area contributed by atoms with Gasteiger partial charge in [0.25, 0.3) is 10.0 Å². The number of sulfonamides is 1. The molecule has 0 heterocycles. The number of nitrogens with zero attached hydrogens (tertiary/aromatic N) is 2. The minimum Gasteiger partial charge on any atom is -0.352 e. The Morgan fingerprint density at radius 2 is 1.56 bits per heavy atom. The number of halogens is 3. The van der Waals surface area contributed by atoms with Crippen LogP contribution in [0.2, 0.25) is 15.1 Å². The molecular formula is C30H34Cl3N3O4S. The van der Waals surface area contributed by atoms with Crippen molar-refractivity contribution in [2.75, 3.05) is 10.8 Å². The first-order valence-electron chi connectivity index (χ1n) is 13.1. The van der Waals surface area contributed by atoms with Gasteiger partial charge in [0, 0.05) is 27.7 Å². The quantitative estimate of drug-likeness (QED) is 0.251. The summed E-state index contributed by atoms with van der Waals surface area (Å²) in [5, 5.41) is 3.99. The monoisotopic (exact) mass is 637 g/mol. The van der Waals surface area contributed by atoms with Crippen LogP contribution in [-0.2, 0) is 26.2 Å².